The van der Waals surface area contributed by atoms with E-state index in [2.05, 4.69) is 120 Å². The van der Waals surface area contributed by atoms with E-state index >= 15 is 0 Å². The summed E-state index contributed by atoms with van der Waals surface area (Å²) >= 11 is 0. The van der Waals surface area contributed by atoms with Gasteiger partial charge in [0, 0.05) is 27.2 Å². The Labute approximate surface area is 195 Å². The molecule has 0 radical (unpaired) electrons. The van der Waals surface area contributed by atoms with E-state index in [1.54, 1.807) is 0 Å². The molecule has 0 aliphatic carbocycles. The Bertz CT molecular complexity index is 2070. The van der Waals surface area contributed by atoms with E-state index in [-0.39, 0.29) is 0 Å². The van der Waals surface area contributed by atoms with Gasteiger partial charge in [-0.05, 0) is 64.0 Å². The lowest BCUT2D eigenvalue weighted by Gasteiger charge is -2.09. The van der Waals surface area contributed by atoms with Crippen LogP contribution in [0.1, 0.15) is 0 Å². The van der Waals surface area contributed by atoms with E-state index in [1.165, 1.54) is 59.8 Å². The van der Waals surface area contributed by atoms with Gasteiger partial charge in [-0.3, -0.25) is 0 Å². The van der Waals surface area contributed by atoms with Crippen LogP contribution in [0.2, 0.25) is 0 Å². The number of hydrogen-bond acceptors (Lipinski definition) is 1. The Kier molecular flexibility index (Phi) is 3.42. The Morgan fingerprint density at radius 3 is 2.00 bits per heavy atom. The summed E-state index contributed by atoms with van der Waals surface area (Å²) in [5.74, 6) is 0. The highest BCUT2D eigenvalue weighted by Crippen LogP contribution is 2.42. The number of para-hydroxylation sites is 1. The van der Waals surface area contributed by atoms with Gasteiger partial charge < -0.3 is 8.98 Å². The third-order valence-corrected chi connectivity index (χ3v) is 7.13. The molecular weight excluding hydrogens is 414 g/mol. The quantitative estimate of drug-likeness (QED) is 0.253. The van der Waals surface area contributed by atoms with E-state index in [1.807, 2.05) is 0 Å². The molecular formula is C32H19NO. The standard InChI is InChI=1S/C32H19NO/c1-2-8-21-17-24(14-13-20(21)7-1)33-27-12-6-5-11-25(27)31-28(33)15-16-29-32(31)26-18-22-9-3-4-10-23(22)19-30(26)34-29/h1-19H. The normalized spacial score (nSPS) is 12.1. The molecule has 34 heavy (non-hydrogen) atoms. The Hall–Kier alpha value is -4.56. The lowest BCUT2D eigenvalue weighted by atomic mass is 10.0. The van der Waals surface area contributed by atoms with Gasteiger partial charge in [-0.15, -0.1) is 0 Å². The summed E-state index contributed by atoms with van der Waals surface area (Å²) in [6.07, 6.45) is 0. The summed E-state index contributed by atoms with van der Waals surface area (Å²) in [7, 11) is 0. The fourth-order valence-electron chi connectivity index (χ4n) is 5.61. The third-order valence-electron chi connectivity index (χ3n) is 7.13. The van der Waals surface area contributed by atoms with Crippen molar-refractivity contribution in [2.45, 2.75) is 0 Å². The van der Waals surface area contributed by atoms with Crippen LogP contribution in [-0.4, -0.2) is 4.57 Å². The lowest BCUT2D eigenvalue weighted by Crippen LogP contribution is -1.93. The van der Waals surface area contributed by atoms with Crippen molar-refractivity contribution in [3.05, 3.63) is 115 Å². The molecule has 0 atom stereocenters. The van der Waals surface area contributed by atoms with Crippen LogP contribution in [0.5, 0.6) is 0 Å². The minimum Gasteiger partial charge on any atom is -0.456 e. The van der Waals surface area contributed by atoms with Crippen LogP contribution in [-0.2, 0) is 0 Å². The van der Waals surface area contributed by atoms with Gasteiger partial charge in [0.1, 0.15) is 11.2 Å². The smallest absolute Gasteiger partial charge is 0.136 e. The van der Waals surface area contributed by atoms with Gasteiger partial charge in [-0.1, -0.05) is 72.8 Å². The van der Waals surface area contributed by atoms with E-state index in [9.17, 15) is 0 Å². The molecule has 0 amide bonds. The van der Waals surface area contributed by atoms with Gasteiger partial charge >= 0.3 is 0 Å². The second kappa shape index (κ2) is 6.49. The molecule has 158 valence electrons. The van der Waals surface area contributed by atoms with E-state index in [0.29, 0.717) is 0 Å². The maximum Gasteiger partial charge on any atom is 0.136 e. The van der Waals surface area contributed by atoms with Crippen molar-refractivity contribution >= 4 is 65.3 Å². The molecule has 2 nitrogen and oxygen atoms in total. The van der Waals surface area contributed by atoms with Crippen molar-refractivity contribution < 1.29 is 4.42 Å². The highest BCUT2D eigenvalue weighted by atomic mass is 16.3. The minimum atomic E-state index is 0.930. The fourth-order valence-corrected chi connectivity index (χ4v) is 5.61. The second-order valence-corrected chi connectivity index (χ2v) is 9.01. The Balaban J connectivity index is 1.56. The first-order chi connectivity index (χ1) is 16.8. The maximum atomic E-state index is 6.38. The molecule has 2 aromatic heterocycles. The summed E-state index contributed by atoms with van der Waals surface area (Å²) in [5, 5.41) is 9.77. The van der Waals surface area contributed by atoms with Crippen molar-refractivity contribution in [2.24, 2.45) is 0 Å². The van der Waals surface area contributed by atoms with Crippen LogP contribution in [0.15, 0.2) is 120 Å². The molecule has 0 aliphatic heterocycles. The molecule has 6 aromatic carbocycles. The van der Waals surface area contributed by atoms with Crippen molar-refractivity contribution in [3.63, 3.8) is 0 Å². The molecule has 0 aliphatic rings. The Morgan fingerprint density at radius 1 is 0.441 bits per heavy atom. The molecule has 8 aromatic rings. The SMILES string of the molecule is c1ccc2cc(-n3c4ccccc4c4c5c(ccc43)oc3cc4ccccc4cc35)ccc2c1. The van der Waals surface area contributed by atoms with Gasteiger partial charge in [0.2, 0.25) is 0 Å². The third kappa shape index (κ3) is 2.35. The van der Waals surface area contributed by atoms with Crippen molar-refractivity contribution in [2.75, 3.05) is 0 Å². The maximum absolute atomic E-state index is 6.38. The van der Waals surface area contributed by atoms with Gasteiger partial charge in [-0.2, -0.15) is 0 Å². The molecule has 0 spiro atoms. The van der Waals surface area contributed by atoms with Gasteiger partial charge in [0.15, 0.2) is 0 Å². The molecule has 8 rings (SSSR count). The fraction of sp³-hybridized carbons (Fsp3) is 0. The van der Waals surface area contributed by atoms with Gasteiger partial charge in [0.25, 0.3) is 0 Å². The number of furan rings is 1. The molecule has 0 N–H and O–H groups in total. The van der Waals surface area contributed by atoms with Gasteiger partial charge in [0.05, 0.1) is 11.0 Å². The largest absolute Gasteiger partial charge is 0.456 e. The lowest BCUT2D eigenvalue weighted by molar-refractivity contribution is 0.670. The zero-order valence-electron chi connectivity index (χ0n) is 18.3. The van der Waals surface area contributed by atoms with E-state index < -0.39 is 0 Å². The average Bonchev–Trinajstić information content (AvgIpc) is 3.42. The molecule has 2 heterocycles. The minimum absolute atomic E-state index is 0.930. The summed E-state index contributed by atoms with van der Waals surface area (Å²) in [6.45, 7) is 0. The summed E-state index contributed by atoms with van der Waals surface area (Å²) in [6, 6.07) is 41.2. The first-order valence-corrected chi connectivity index (χ1v) is 11.6. The number of benzene rings is 6. The molecule has 2 heteroatoms. The highest BCUT2D eigenvalue weighted by Gasteiger charge is 2.19. The molecule has 0 saturated heterocycles. The second-order valence-electron chi connectivity index (χ2n) is 9.01. The summed E-state index contributed by atoms with van der Waals surface area (Å²) < 4.78 is 8.77. The number of aromatic nitrogens is 1. The summed E-state index contributed by atoms with van der Waals surface area (Å²) in [4.78, 5) is 0. The van der Waals surface area contributed by atoms with Crippen molar-refractivity contribution in [1.29, 1.82) is 0 Å². The molecule has 0 saturated carbocycles. The molecule has 0 fully saturated rings. The highest BCUT2D eigenvalue weighted by molar-refractivity contribution is 6.28. The van der Waals surface area contributed by atoms with Crippen LogP contribution < -0.4 is 0 Å². The van der Waals surface area contributed by atoms with Crippen LogP contribution in [0.25, 0.3) is 71.0 Å². The van der Waals surface area contributed by atoms with Crippen molar-refractivity contribution in [3.8, 4) is 5.69 Å². The van der Waals surface area contributed by atoms with Crippen LogP contribution >= 0.6 is 0 Å². The predicted molar refractivity (Wildman–Crippen MR) is 143 cm³/mol. The van der Waals surface area contributed by atoms with Crippen molar-refractivity contribution in [1.82, 2.24) is 4.57 Å². The van der Waals surface area contributed by atoms with E-state index in [4.69, 9.17) is 4.42 Å². The topological polar surface area (TPSA) is 18.1 Å². The first-order valence-electron chi connectivity index (χ1n) is 11.6. The number of nitrogens with zero attached hydrogens (tertiary/aromatic N) is 1. The molecule has 0 bridgehead atoms. The zero-order chi connectivity index (χ0) is 22.2. The Morgan fingerprint density at radius 2 is 1.15 bits per heavy atom. The first kappa shape index (κ1) is 17.9. The number of hydrogen-bond donors (Lipinski definition) is 0. The number of rotatable bonds is 1. The predicted octanol–water partition coefficient (Wildman–Crippen LogP) is 8.99. The summed E-state index contributed by atoms with van der Waals surface area (Å²) in [5.41, 5.74) is 5.43. The van der Waals surface area contributed by atoms with Gasteiger partial charge in [-0.25, -0.2) is 0 Å². The number of fused-ring (bicyclic) bond motifs is 9. The van der Waals surface area contributed by atoms with Crippen LogP contribution in [0, 0.1) is 0 Å². The zero-order valence-corrected chi connectivity index (χ0v) is 18.3. The van der Waals surface area contributed by atoms with E-state index in [0.717, 1.165) is 11.2 Å². The van der Waals surface area contributed by atoms with Crippen LogP contribution in [0.3, 0.4) is 0 Å². The average molecular weight is 434 g/mol. The van der Waals surface area contributed by atoms with Crippen LogP contribution in [0.4, 0.5) is 0 Å². The molecule has 0 unspecified atom stereocenters. The monoisotopic (exact) mass is 433 g/mol.